The fourth-order valence-corrected chi connectivity index (χ4v) is 5.15. The van der Waals surface area contributed by atoms with Crippen LogP contribution in [0.5, 0.6) is 5.75 Å². The van der Waals surface area contributed by atoms with Crippen LogP contribution in [0.1, 0.15) is 35.5 Å². The third-order valence-corrected chi connectivity index (χ3v) is 7.09. The number of nitrogens with zero attached hydrogens (tertiary/aromatic N) is 4. The second-order valence-corrected chi connectivity index (χ2v) is 9.50. The second kappa shape index (κ2) is 10.8. The molecule has 2 aromatic heterocycles. The van der Waals surface area contributed by atoms with E-state index in [1.807, 2.05) is 24.3 Å². The summed E-state index contributed by atoms with van der Waals surface area (Å²) in [6.45, 7) is 7.34. The molecular formula is C28H34ClN4O2-. The van der Waals surface area contributed by atoms with Crippen molar-refractivity contribution in [3.05, 3.63) is 65.1 Å². The first kappa shape index (κ1) is 25.3. The highest BCUT2D eigenvalue weighted by molar-refractivity contribution is 5.65. The van der Waals surface area contributed by atoms with Gasteiger partial charge >= 0.3 is 0 Å². The van der Waals surface area contributed by atoms with Crippen LogP contribution in [0.25, 0.3) is 11.3 Å². The SMILES string of the molecule is COc1ccc(-c2ccc3c(n2)CCCN3CC(O)CN2CCCc3nc(C)c(C)cc32)cc1.[Cl-]. The zero-order valence-electron chi connectivity index (χ0n) is 20.8. The van der Waals surface area contributed by atoms with Crippen LogP contribution in [0.4, 0.5) is 11.4 Å². The Balaban J connectivity index is 0.00000289. The fraction of sp³-hybridized carbons (Fsp3) is 0.429. The number of rotatable bonds is 6. The summed E-state index contributed by atoms with van der Waals surface area (Å²) in [6, 6.07) is 14.5. The minimum absolute atomic E-state index is 0. The van der Waals surface area contributed by atoms with Gasteiger partial charge in [0.15, 0.2) is 0 Å². The molecule has 1 unspecified atom stereocenters. The van der Waals surface area contributed by atoms with Crippen LogP contribution in [0, 0.1) is 13.8 Å². The van der Waals surface area contributed by atoms with Crippen LogP contribution in [-0.2, 0) is 12.8 Å². The molecule has 4 heterocycles. The van der Waals surface area contributed by atoms with E-state index < -0.39 is 6.10 Å². The predicted molar refractivity (Wildman–Crippen MR) is 137 cm³/mol. The van der Waals surface area contributed by atoms with Crippen molar-refractivity contribution in [2.24, 2.45) is 0 Å². The molecule has 0 radical (unpaired) electrons. The molecule has 3 aromatic rings. The first-order valence-electron chi connectivity index (χ1n) is 12.3. The normalized spacial score (nSPS) is 15.7. The van der Waals surface area contributed by atoms with Crippen LogP contribution in [0.2, 0.25) is 0 Å². The lowest BCUT2D eigenvalue weighted by atomic mass is 10.0. The van der Waals surface area contributed by atoms with Crippen molar-refractivity contribution in [1.29, 1.82) is 0 Å². The van der Waals surface area contributed by atoms with Crippen LogP contribution in [0.3, 0.4) is 0 Å². The topological polar surface area (TPSA) is 61.7 Å². The maximum Gasteiger partial charge on any atom is 0.118 e. The van der Waals surface area contributed by atoms with Crippen LogP contribution < -0.4 is 26.9 Å². The number of aliphatic hydroxyl groups excluding tert-OH is 1. The van der Waals surface area contributed by atoms with E-state index in [0.717, 1.165) is 72.9 Å². The van der Waals surface area contributed by atoms with E-state index in [-0.39, 0.29) is 12.4 Å². The van der Waals surface area contributed by atoms with Gasteiger partial charge in [0.05, 0.1) is 41.7 Å². The van der Waals surface area contributed by atoms with E-state index in [0.29, 0.717) is 13.1 Å². The first-order chi connectivity index (χ1) is 16.5. The Morgan fingerprint density at radius 3 is 2.17 bits per heavy atom. The third kappa shape index (κ3) is 5.39. The van der Waals surface area contributed by atoms with Crippen molar-refractivity contribution >= 4 is 11.4 Å². The van der Waals surface area contributed by atoms with Crippen molar-refractivity contribution in [2.75, 3.05) is 43.1 Å². The summed E-state index contributed by atoms with van der Waals surface area (Å²) in [4.78, 5) is 14.4. The molecule has 1 aromatic carbocycles. The van der Waals surface area contributed by atoms with E-state index >= 15 is 0 Å². The minimum Gasteiger partial charge on any atom is -1.00 e. The number of halogens is 1. The Morgan fingerprint density at radius 1 is 0.886 bits per heavy atom. The number of benzene rings is 1. The number of β-amino-alcohol motifs (C(OH)–C–C–N with tert-alkyl or cyclic N) is 1. The molecule has 1 atom stereocenters. The van der Waals surface area contributed by atoms with Gasteiger partial charge in [-0.15, -0.1) is 0 Å². The summed E-state index contributed by atoms with van der Waals surface area (Å²) in [7, 11) is 1.68. The van der Waals surface area contributed by atoms with Crippen LogP contribution >= 0.6 is 0 Å². The van der Waals surface area contributed by atoms with Gasteiger partial charge in [-0.3, -0.25) is 9.97 Å². The Bertz CT molecular complexity index is 1170. The number of fused-ring (bicyclic) bond motifs is 2. The van der Waals surface area contributed by atoms with E-state index in [9.17, 15) is 5.11 Å². The van der Waals surface area contributed by atoms with E-state index in [4.69, 9.17) is 14.7 Å². The predicted octanol–water partition coefficient (Wildman–Crippen LogP) is 1.34. The molecule has 0 saturated heterocycles. The molecule has 2 aliphatic heterocycles. The maximum atomic E-state index is 11.1. The number of anilines is 2. The van der Waals surface area contributed by atoms with Crippen LogP contribution in [0.15, 0.2) is 42.5 Å². The molecule has 35 heavy (non-hydrogen) atoms. The molecule has 7 heteroatoms. The van der Waals surface area contributed by atoms with Crippen molar-refractivity contribution in [1.82, 2.24) is 9.97 Å². The van der Waals surface area contributed by atoms with Crippen molar-refractivity contribution in [2.45, 2.75) is 45.6 Å². The molecule has 2 aliphatic rings. The zero-order chi connectivity index (χ0) is 23.7. The van der Waals surface area contributed by atoms with Crippen molar-refractivity contribution < 1.29 is 22.3 Å². The Labute approximate surface area is 214 Å². The lowest BCUT2D eigenvalue weighted by Gasteiger charge is -2.36. The number of methoxy groups -OCH3 is 1. The summed E-state index contributed by atoms with van der Waals surface area (Å²) in [6.07, 6.45) is 3.67. The van der Waals surface area contributed by atoms with Crippen molar-refractivity contribution in [3.8, 4) is 17.0 Å². The molecular weight excluding hydrogens is 460 g/mol. The highest BCUT2D eigenvalue weighted by atomic mass is 35.5. The summed E-state index contributed by atoms with van der Waals surface area (Å²) in [5.74, 6) is 0.847. The number of pyridine rings is 2. The molecule has 1 N–H and O–H groups in total. The largest absolute Gasteiger partial charge is 1.00 e. The lowest BCUT2D eigenvalue weighted by molar-refractivity contribution is -0.00000954. The van der Waals surface area contributed by atoms with E-state index in [2.05, 4.69) is 41.8 Å². The Hall–Kier alpha value is -2.83. The van der Waals surface area contributed by atoms with Crippen LogP contribution in [-0.4, -0.2) is 54.5 Å². The number of hydrogen-bond donors (Lipinski definition) is 1. The standard InChI is InChI=1S/C28H34N4O2.ClH/c1-19-16-28-26(29-20(19)2)7-5-15-32(28)18-22(33)17-31-14-4-6-25-27(31)13-12-24(30-25)21-8-10-23(34-3)11-9-21;/h8-13,16,22,33H,4-7,14-15,17-18H2,1-3H3;1H/p-1. The van der Waals surface area contributed by atoms with Gasteiger partial charge in [0.25, 0.3) is 0 Å². The zero-order valence-corrected chi connectivity index (χ0v) is 21.6. The summed E-state index contributed by atoms with van der Waals surface area (Å²) >= 11 is 0. The number of hydrogen-bond acceptors (Lipinski definition) is 6. The van der Waals surface area contributed by atoms with Gasteiger partial charge in [0.1, 0.15) is 5.75 Å². The van der Waals surface area contributed by atoms with Crippen molar-refractivity contribution in [3.63, 3.8) is 0 Å². The quantitative estimate of drug-likeness (QED) is 0.559. The van der Waals surface area contributed by atoms with Gasteiger partial charge < -0.3 is 32.1 Å². The molecule has 6 nitrogen and oxygen atoms in total. The van der Waals surface area contributed by atoms with Gasteiger partial charge in [-0.2, -0.15) is 0 Å². The Kier molecular flexibility index (Phi) is 7.82. The van der Waals surface area contributed by atoms with Gasteiger partial charge in [0.2, 0.25) is 0 Å². The fourth-order valence-electron chi connectivity index (χ4n) is 5.15. The van der Waals surface area contributed by atoms with Gasteiger partial charge in [-0.05, 0) is 87.6 Å². The molecule has 0 amide bonds. The van der Waals surface area contributed by atoms with Gasteiger partial charge in [0, 0.05) is 37.4 Å². The van der Waals surface area contributed by atoms with Gasteiger partial charge in [-0.1, -0.05) is 0 Å². The monoisotopic (exact) mass is 493 g/mol. The first-order valence-corrected chi connectivity index (χ1v) is 12.3. The Morgan fingerprint density at radius 2 is 1.51 bits per heavy atom. The third-order valence-electron chi connectivity index (χ3n) is 7.09. The molecule has 0 spiro atoms. The van der Waals surface area contributed by atoms with Gasteiger partial charge in [-0.25, -0.2) is 0 Å². The highest BCUT2D eigenvalue weighted by Gasteiger charge is 2.25. The van der Waals surface area contributed by atoms with E-state index in [1.54, 1.807) is 7.11 Å². The molecule has 0 bridgehead atoms. The summed E-state index contributed by atoms with van der Waals surface area (Å²) in [5.41, 5.74) is 9.01. The van der Waals surface area contributed by atoms with E-state index in [1.165, 1.54) is 16.9 Å². The molecule has 0 fully saturated rings. The number of aryl methyl sites for hydroxylation is 4. The lowest BCUT2D eigenvalue weighted by Crippen LogP contribution is -3.00. The average molecular weight is 494 g/mol. The molecule has 186 valence electrons. The highest BCUT2D eigenvalue weighted by Crippen LogP contribution is 2.31. The average Bonchev–Trinajstić information content (AvgIpc) is 2.85. The maximum absolute atomic E-state index is 11.1. The molecule has 0 saturated carbocycles. The second-order valence-electron chi connectivity index (χ2n) is 9.50. The smallest absolute Gasteiger partial charge is 0.118 e. The summed E-state index contributed by atoms with van der Waals surface area (Å²) in [5, 5.41) is 11.1. The molecule has 5 rings (SSSR count). The summed E-state index contributed by atoms with van der Waals surface area (Å²) < 4.78 is 5.27. The number of aromatic nitrogens is 2. The molecule has 0 aliphatic carbocycles. The minimum atomic E-state index is -0.445. The number of ether oxygens (including phenoxy) is 1. The number of aliphatic hydroxyl groups is 1.